The van der Waals surface area contributed by atoms with Crippen molar-refractivity contribution in [3.63, 3.8) is 0 Å². The lowest BCUT2D eigenvalue weighted by atomic mass is 9.90. The van der Waals surface area contributed by atoms with Gasteiger partial charge in [-0.15, -0.1) is 0 Å². The molecule has 3 nitrogen and oxygen atoms in total. The molecule has 0 radical (unpaired) electrons. The molecule has 2 N–H and O–H groups in total. The van der Waals surface area contributed by atoms with Gasteiger partial charge in [0.2, 0.25) is 0 Å². The molecule has 88 valence electrons. The lowest BCUT2D eigenvalue weighted by molar-refractivity contribution is 0.197. The zero-order valence-corrected chi connectivity index (χ0v) is 9.80. The van der Waals surface area contributed by atoms with Crippen LogP contribution in [0.5, 0.6) is 0 Å². The quantitative estimate of drug-likeness (QED) is 0.648. The Hall–Kier alpha value is -0.120. The molecule has 2 rings (SSSR count). The SMILES string of the molecule is COCCNCCC1CC2CCC(C1)N2. The number of nitrogens with one attached hydrogen (secondary N) is 2. The van der Waals surface area contributed by atoms with Gasteiger partial charge < -0.3 is 15.4 Å². The topological polar surface area (TPSA) is 33.3 Å². The number of piperidine rings is 1. The molecule has 2 aliphatic heterocycles. The summed E-state index contributed by atoms with van der Waals surface area (Å²) in [5, 5.41) is 7.13. The highest BCUT2D eigenvalue weighted by molar-refractivity contribution is 4.91. The van der Waals surface area contributed by atoms with Crippen LogP contribution in [0.3, 0.4) is 0 Å². The molecule has 2 atom stereocenters. The van der Waals surface area contributed by atoms with E-state index in [2.05, 4.69) is 10.6 Å². The molecule has 2 fully saturated rings. The average molecular weight is 212 g/mol. The molecule has 2 unspecified atom stereocenters. The van der Waals surface area contributed by atoms with E-state index >= 15 is 0 Å². The minimum absolute atomic E-state index is 0.831. The summed E-state index contributed by atoms with van der Waals surface area (Å²) in [7, 11) is 1.76. The first-order valence-corrected chi connectivity index (χ1v) is 6.34. The van der Waals surface area contributed by atoms with E-state index in [0.717, 1.165) is 37.7 Å². The third kappa shape index (κ3) is 3.44. The highest BCUT2D eigenvalue weighted by Crippen LogP contribution is 2.32. The zero-order valence-electron chi connectivity index (χ0n) is 9.80. The monoisotopic (exact) mass is 212 g/mol. The Morgan fingerprint density at radius 3 is 2.60 bits per heavy atom. The summed E-state index contributed by atoms with van der Waals surface area (Å²) in [6.07, 6.45) is 6.99. The first-order valence-electron chi connectivity index (χ1n) is 6.34. The molecule has 2 heterocycles. The molecular formula is C12H24N2O. The maximum Gasteiger partial charge on any atom is 0.0587 e. The van der Waals surface area contributed by atoms with Gasteiger partial charge in [-0.05, 0) is 44.6 Å². The summed E-state index contributed by atoms with van der Waals surface area (Å²) in [5.74, 6) is 0.957. The van der Waals surface area contributed by atoms with Gasteiger partial charge >= 0.3 is 0 Å². The van der Waals surface area contributed by atoms with E-state index in [4.69, 9.17) is 4.74 Å². The molecule has 0 aliphatic carbocycles. The van der Waals surface area contributed by atoms with Gasteiger partial charge in [0.15, 0.2) is 0 Å². The van der Waals surface area contributed by atoms with E-state index in [0.29, 0.717) is 0 Å². The lowest BCUT2D eigenvalue weighted by Crippen LogP contribution is -2.38. The van der Waals surface area contributed by atoms with Crippen molar-refractivity contribution in [1.29, 1.82) is 0 Å². The van der Waals surface area contributed by atoms with E-state index in [9.17, 15) is 0 Å². The van der Waals surface area contributed by atoms with Gasteiger partial charge in [0.05, 0.1) is 6.61 Å². The van der Waals surface area contributed by atoms with Gasteiger partial charge in [-0.2, -0.15) is 0 Å². The molecule has 2 bridgehead atoms. The van der Waals surface area contributed by atoms with Crippen molar-refractivity contribution >= 4 is 0 Å². The number of fused-ring (bicyclic) bond motifs is 2. The van der Waals surface area contributed by atoms with Gasteiger partial charge in [-0.1, -0.05) is 0 Å². The molecule has 0 saturated carbocycles. The van der Waals surface area contributed by atoms with Gasteiger partial charge in [-0.3, -0.25) is 0 Å². The second-order valence-electron chi connectivity index (χ2n) is 5.01. The van der Waals surface area contributed by atoms with Crippen molar-refractivity contribution in [3.8, 4) is 0 Å². The Morgan fingerprint density at radius 1 is 1.20 bits per heavy atom. The second-order valence-corrected chi connectivity index (χ2v) is 5.01. The average Bonchev–Trinajstić information content (AvgIpc) is 2.58. The van der Waals surface area contributed by atoms with Crippen LogP contribution in [0.2, 0.25) is 0 Å². The van der Waals surface area contributed by atoms with Crippen LogP contribution in [0, 0.1) is 5.92 Å². The van der Waals surface area contributed by atoms with Crippen molar-refractivity contribution in [3.05, 3.63) is 0 Å². The predicted molar refractivity (Wildman–Crippen MR) is 62.0 cm³/mol. The van der Waals surface area contributed by atoms with E-state index in [1.807, 2.05) is 0 Å². The summed E-state index contributed by atoms with van der Waals surface area (Å²) < 4.78 is 5.01. The van der Waals surface area contributed by atoms with Crippen LogP contribution in [-0.4, -0.2) is 38.9 Å². The highest BCUT2D eigenvalue weighted by Gasteiger charge is 2.32. The number of rotatable bonds is 6. The zero-order chi connectivity index (χ0) is 10.5. The maximum atomic E-state index is 5.01. The van der Waals surface area contributed by atoms with Crippen molar-refractivity contribution in [1.82, 2.24) is 10.6 Å². The molecule has 2 aliphatic rings. The van der Waals surface area contributed by atoms with Crippen molar-refractivity contribution in [2.75, 3.05) is 26.8 Å². The van der Waals surface area contributed by atoms with Crippen LogP contribution in [0.25, 0.3) is 0 Å². The smallest absolute Gasteiger partial charge is 0.0587 e. The van der Waals surface area contributed by atoms with E-state index in [1.54, 1.807) is 7.11 Å². The van der Waals surface area contributed by atoms with Crippen LogP contribution in [0.15, 0.2) is 0 Å². The second kappa shape index (κ2) is 5.83. The Morgan fingerprint density at radius 2 is 1.93 bits per heavy atom. The Bertz CT molecular complexity index is 174. The van der Waals surface area contributed by atoms with Crippen LogP contribution in [0.1, 0.15) is 32.1 Å². The summed E-state index contributed by atoms with van der Waals surface area (Å²) in [6, 6.07) is 1.68. The van der Waals surface area contributed by atoms with Gasteiger partial charge in [0.25, 0.3) is 0 Å². The Kier molecular flexibility index (Phi) is 4.42. The molecule has 0 aromatic heterocycles. The van der Waals surface area contributed by atoms with Gasteiger partial charge in [-0.25, -0.2) is 0 Å². The largest absolute Gasteiger partial charge is 0.383 e. The molecule has 15 heavy (non-hydrogen) atoms. The fourth-order valence-electron chi connectivity index (χ4n) is 3.02. The van der Waals surface area contributed by atoms with Crippen molar-refractivity contribution in [2.24, 2.45) is 5.92 Å². The maximum absolute atomic E-state index is 5.01. The van der Waals surface area contributed by atoms with Crippen LogP contribution in [-0.2, 0) is 4.74 Å². The predicted octanol–water partition coefficient (Wildman–Crippen LogP) is 1.14. The summed E-state index contributed by atoms with van der Waals surface area (Å²) >= 11 is 0. The first kappa shape index (κ1) is 11.4. The van der Waals surface area contributed by atoms with E-state index < -0.39 is 0 Å². The molecule has 0 aromatic rings. The van der Waals surface area contributed by atoms with Crippen molar-refractivity contribution in [2.45, 2.75) is 44.2 Å². The number of hydrogen-bond acceptors (Lipinski definition) is 3. The van der Waals surface area contributed by atoms with Gasteiger partial charge in [0.1, 0.15) is 0 Å². The van der Waals surface area contributed by atoms with Crippen molar-refractivity contribution < 1.29 is 4.74 Å². The molecule has 2 saturated heterocycles. The number of hydrogen-bond donors (Lipinski definition) is 2. The minimum atomic E-state index is 0.831. The molecule has 0 amide bonds. The standard InChI is InChI=1S/C12H24N2O/c1-15-7-6-13-5-4-10-8-11-2-3-12(9-10)14-11/h10-14H,2-9H2,1H3. The van der Waals surface area contributed by atoms with E-state index in [1.165, 1.54) is 32.1 Å². The fraction of sp³-hybridized carbons (Fsp3) is 1.00. The van der Waals surface area contributed by atoms with Gasteiger partial charge in [0, 0.05) is 25.7 Å². The first-order chi connectivity index (χ1) is 7.38. The third-order valence-electron chi connectivity index (χ3n) is 3.78. The highest BCUT2D eigenvalue weighted by atomic mass is 16.5. The Labute approximate surface area is 93.0 Å². The summed E-state index contributed by atoms with van der Waals surface area (Å²) in [6.45, 7) is 2.99. The molecule has 3 heteroatoms. The lowest BCUT2D eigenvalue weighted by Gasteiger charge is -2.29. The minimum Gasteiger partial charge on any atom is -0.383 e. The number of methoxy groups -OCH3 is 1. The summed E-state index contributed by atoms with van der Waals surface area (Å²) in [5.41, 5.74) is 0. The normalized spacial score (nSPS) is 34.6. The molecule has 0 spiro atoms. The molecular weight excluding hydrogens is 188 g/mol. The van der Waals surface area contributed by atoms with Crippen LogP contribution < -0.4 is 10.6 Å². The van der Waals surface area contributed by atoms with Crippen LogP contribution in [0.4, 0.5) is 0 Å². The fourth-order valence-corrected chi connectivity index (χ4v) is 3.02. The molecule has 0 aromatic carbocycles. The van der Waals surface area contributed by atoms with E-state index in [-0.39, 0.29) is 0 Å². The third-order valence-corrected chi connectivity index (χ3v) is 3.78. The van der Waals surface area contributed by atoms with Crippen LogP contribution >= 0.6 is 0 Å². The summed E-state index contributed by atoms with van der Waals surface area (Å²) in [4.78, 5) is 0. The number of ether oxygens (including phenoxy) is 1. The Balaban J connectivity index is 1.56.